The molecule has 0 aliphatic heterocycles. The first kappa shape index (κ1) is 27.3. The minimum absolute atomic E-state index is 0.0213. The molecule has 3 aromatic heterocycles. The molecule has 38 heavy (non-hydrogen) atoms. The molecule has 0 saturated carbocycles. The largest absolute Gasteiger partial charge is 0.383 e. The molecule has 0 fully saturated rings. The highest BCUT2D eigenvalue weighted by Crippen LogP contribution is 2.28. The summed E-state index contributed by atoms with van der Waals surface area (Å²) in [6, 6.07) is 10.6. The smallest absolute Gasteiger partial charge is 0.268 e. The molecule has 0 radical (unpaired) electrons. The molecule has 0 aliphatic carbocycles. The zero-order chi connectivity index (χ0) is 27.2. The molecule has 1 aromatic carbocycles. The van der Waals surface area contributed by atoms with E-state index < -0.39 is 5.91 Å². The summed E-state index contributed by atoms with van der Waals surface area (Å²) in [5.74, 6) is -0.0878. The number of nitrogen functional groups attached to an aromatic ring is 1. The number of anilines is 2. The van der Waals surface area contributed by atoms with E-state index in [-0.39, 0.29) is 40.3 Å². The van der Waals surface area contributed by atoms with E-state index in [0.29, 0.717) is 25.8 Å². The highest BCUT2D eigenvalue weighted by atomic mass is 32.2. The lowest BCUT2D eigenvalue weighted by atomic mass is 10.3. The molecule has 0 unspecified atom stereocenters. The Hall–Kier alpha value is -3.73. The third kappa shape index (κ3) is 6.39. The number of benzene rings is 1. The topological polar surface area (TPSA) is 180 Å². The van der Waals surface area contributed by atoms with Crippen LogP contribution in [0.4, 0.5) is 10.8 Å². The zero-order valence-electron chi connectivity index (χ0n) is 19.6. The van der Waals surface area contributed by atoms with Gasteiger partial charge in [0.2, 0.25) is 5.91 Å². The number of nitrogens with zero attached hydrogens (tertiary/aromatic N) is 5. The molecule has 16 heteroatoms. The van der Waals surface area contributed by atoms with Crippen LogP contribution in [-0.2, 0) is 17.1 Å². The van der Waals surface area contributed by atoms with E-state index in [2.05, 4.69) is 32.1 Å². The second-order valence-electron chi connectivity index (χ2n) is 7.48. The number of aromatic nitrogens is 6. The third-order valence-corrected chi connectivity index (χ3v) is 7.98. The summed E-state index contributed by atoms with van der Waals surface area (Å²) < 4.78 is 3.73. The van der Waals surface area contributed by atoms with Gasteiger partial charge in [-0.15, -0.1) is 16.8 Å². The van der Waals surface area contributed by atoms with Gasteiger partial charge >= 0.3 is 0 Å². The summed E-state index contributed by atoms with van der Waals surface area (Å²) in [4.78, 5) is 43.3. The fourth-order valence-corrected chi connectivity index (χ4v) is 6.21. The van der Waals surface area contributed by atoms with E-state index in [4.69, 9.17) is 23.7 Å². The normalized spacial score (nSPS) is 10.8. The summed E-state index contributed by atoms with van der Waals surface area (Å²) in [6.45, 7) is 3.95. The van der Waals surface area contributed by atoms with Gasteiger partial charge in [0, 0.05) is 18.3 Å². The maximum atomic E-state index is 12.8. The first-order valence-corrected chi connectivity index (χ1v) is 14.0. The predicted octanol–water partition coefficient (Wildman–Crippen LogP) is 2.83. The van der Waals surface area contributed by atoms with Crippen LogP contribution in [0.5, 0.6) is 0 Å². The molecule has 0 saturated heterocycles. The average Bonchev–Trinajstić information content (AvgIpc) is 3.41. The Balaban J connectivity index is 1.53. The number of thioether (sulfide) groups is 2. The van der Waals surface area contributed by atoms with Crippen molar-refractivity contribution in [1.82, 2.24) is 29.3 Å². The fraction of sp³-hybridized carbons (Fsp3) is 0.136. The van der Waals surface area contributed by atoms with E-state index in [0.717, 1.165) is 17.0 Å². The number of carbonyl (C=O) groups excluding carboxylic acids is 2. The zero-order valence-corrected chi connectivity index (χ0v) is 22.9. The van der Waals surface area contributed by atoms with Gasteiger partial charge in [-0.05, 0) is 24.4 Å². The molecule has 0 bridgehead atoms. The van der Waals surface area contributed by atoms with Gasteiger partial charge in [0.25, 0.3) is 11.5 Å². The summed E-state index contributed by atoms with van der Waals surface area (Å²) in [6.07, 6.45) is 1.59. The third-order valence-electron chi connectivity index (χ3n) is 4.82. The standard InChI is InChI=1S/C22H21N9O3S4/c1-2-8-30-17(18(24)34)19(38-22(30)35)26-16(33)11-37-21-29-28-14(31(21)12-6-4-3-5-7-12)10-36-20-25-13(23)9-15(32)27-20/h2-7,9H,1,8,10-11H2,(H2,24,34)(H,26,33)(H3,23,25,27,32). The fourth-order valence-electron chi connectivity index (χ4n) is 3.30. The molecule has 0 atom stereocenters. The van der Waals surface area contributed by atoms with Crippen LogP contribution in [0.25, 0.3) is 5.69 Å². The molecule has 0 aliphatic rings. The Kier molecular flexibility index (Phi) is 8.77. The van der Waals surface area contributed by atoms with Gasteiger partial charge in [-0.25, -0.2) is 4.98 Å². The number of nitrogens with one attached hydrogen (secondary N) is 2. The van der Waals surface area contributed by atoms with Crippen molar-refractivity contribution >= 4 is 69.7 Å². The van der Waals surface area contributed by atoms with E-state index in [1.54, 1.807) is 6.08 Å². The highest BCUT2D eigenvalue weighted by molar-refractivity contribution is 7.99. The number of thiazole rings is 1. The number of primary amides is 1. The van der Waals surface area contributed by atoms with Crippen LogP contribution in [0.15, 0.2) is 64.2 Å². The molecule has 4 aromatic rings. The SMILES string of the molecule is C=CCn1c(C(N)=O)c(NC(=O)CSc2nnc(CSc3nc(N)cc(=O)[nH]3)n2-c2ccccc2)sc1=S. The van der Waals surface area contributed by atoms with Gasteiger partial charge in [-0.3, -0.25) is 19.0 Å². The number of hydrogen-bond donors (Lipinski definition) is 4. The molecular formula is C22H21N9O3S4. The van der Waals surface area contributed by atoms with E-state index in [1.165, 1.54) is 34.2 Å². The molecular weight excluding hydrogens is 567 g/mol. The van der Waals surface area contributed by atoms with Crippen molar-refractivity contribution in [3.05, 3.63) is 74.9 Å². The van der Waals surface area contributed by atoms with Gasteiger partial charge < -0.3 is 26.3 Å². The van der Waals surface area contributed by atoms with Crippen LogP contribution in [0, 0.1) is 3.95 Å². The van der Waals surface area contributed by atoms with Gasteiger partial charge in [0.05, 0.1) is 11.5 Å². The predicted molar refractivity (Wildman–Crippen MR) is 151 cm³/mol. The van der Waals surface area contributed by atoms with E-state index in [9.17, 15) is 14.4 Å². The molecule has 12 nitrogen and oxygen atoms in total. The molecule has 0 spiro atoms. The van der Waals surface area contributed by atoms with Crippen LogP contribution in [0.2, 0.25) is 0 Å². The lowest BCUT2D eigenvalue weighted by Gasteiger charge is -2.10. The minimum Gasteiger partial charge on any atom is -0.383 e. The summed E-state index contributed by atoms with van der Waals surface area (Å²) in [7, 11) is 0. The van der Waals surface area contributed by atoms with Crippen molar-refractivity contribution in [2.45, 2.75) is 22.6 Å². The number of carbonyl (C=O) groups is 2. The second kappa shape index (κ2) is 12.2. The molecule has 4 rings (SSSR count). The van der Waals surface area contributed by atoms with Crippen LogP contribution in [0.1, 0.15) is 16.3 Å². The first-order chi connectivity index (χ1) is 18.3. The summed E-state index contributed by atoms with van der Waals surface area (Å²) in [5.41, 5.74) is 11.8. The monoisotopic (exact) mass is 587 g/mol. The first-order valence-electron chi connectivity index (χ1n) is 10.8. The number of allylic oxidation sites excluding steroid dienone is 1. The lowest BCUT2D eigenvalue weighted by Crippen LogP contribution is -2.21. The van der Waals surface area contributed by atoms with Crippen molar-refractivity contribution in [1.29, 1.82) is 0 Å². The number of nitrogens with two attached hydrogens (primary N) is 2. The Morgan fingerprint density at radius 3 is 2.68 bits per heavy atom. The second-order valence-corrected chi connectivity index (χ2v) is 11.0. The maximum absolute atomic E-state index is 12.8. The van der Waals surface area contributed by atoms with Gasteiger partial charge in [-0.1, -0.05) is 59.1 Å². The minimum atomic E-state index is -0.705. The maximum Gasteiger partial charge on any atom is 0.268 e. The molecule has 3 heterocycles. The van der Waals surface area contributed by atoms with Crippen molar-refractivity contribution in [3.63, 3.8) is 0 Å². The van der Waals surface area contributed by atoms with Crippen molar-refractivity contribution in [3.8, 4) is 5.69 Å². The van der Waals surface area contributed by atoms with Gasteiger partial charge in [-0.2, -0.15) is 0 Å². The number of aromatic amines is 1. The van der Waals surface area contributed by atoms with Crippen LogP contribution in [-0.4, -0.2) is 46.9 Å². The molecule has 196 valence electrons. The van der Waals surface area contributed by atoms with Crippen LogP contribution >= 0.6 is 47.1 Å². The van der Waals surface area contributed by atoms with Gasteiger partial charge in [0.1, 0.15) is 22.3 Å². The number of para-hydroxylation sites is 1. The Labute approximate surface area is 233 Å². The highest BCUT2D eigenvalue weighted by Gasteiger charge is 2.21. The van der Waals surface area contributed by atoms with E-state index >= 15 is 0 Å². The van der Waals surface area contributed by atoms with Crippen LogP contribution in [0.3, 0.4) is 0 Å². The van der Waals surface area contributed by atoms with Gasteiger partial charge in [0.15, 0.2) is 14.3 Å². The summed E-state index contributed by atoms with van der Waals surface area (Å²) in [5, 5.41) is 12.4. The van der Waals surface area contributed by atoms with Crippen molar-refractivity contribution < 1.29 is 9.59 Å². The number of amides is 2. The van der Waals surface area contributed by atoms with Crippen molar-refractivity contribution in [2.75, 3.05) is 16.8 Å². The van der Waals surface area contributed by atoms with E-state index in [1.807, 2.05) is 34.9 Å². The number of rotatable bonds is 11. The van der Waals surface area contributed by atoms with Crippen LogP contribution < -0.4 is 22.3 Å². The lowest BCUT2D eigenvalue weighted by molar-refractivity contribution is -0.113. The quantitative estimate of drug-likeness (QED) is 0.0882. The Morgan fingerprint density at radius 1 is 1.24 bits per heavy atom. The van der Waals surface area contributed by atoms with Crippen molar-refractivity contribution in [2.24, 2.45) is 5.73 Å². The Bertz CT molecular complexity index is 1610. The molecule has 6 N–H and O–H groups in total. The number of hydrogen-bond acceptors (Lipinski definition) is 11. The summed E-state index contributed by atoms with van der Waals surface area (Å²) >= 11 is 8.79. The Morgan fingerprint density at radius 2 is 2.00 bits per heavy atom. The molecule has 2 amide bonds. The number of H-pyrrole nitrogens is 1. The average molecular weight is 588 g/mol.